The lowest BCUT2D eigenvalue weighted by Gasteiger charge is -2.29. The maximum absolute atomic E-state index is 9.90. The van der Waals surface area contributed by atoms with Crippen LogP contribution in [0.1, 0.15) is 38.3 Å². The molecule has 0 amide bonds. The van der Waals surface area contributed by atoms with Gasteiger partial charge in [-0.15, -0.1) is 0 Å². The first-order valence-electron chi connectivity index (χ1n) is 6.91. The van der Waals surface area contributed by atoms with Gasteiger partial charge in [-0.3, -0.25) is 0 Å². The molecule has 19 heavy (non-hydrogen) atoms. The van der Waals surface area contributed by atoms with Gasteiger partial charge < -0.3 is 14.6 Å². The van der Waals surface area contributed by atoms with Crippen LogP contribution in [0.3, 0.4) is 0 Å². The third-order valence-corrected chi connectivity index (χ3v) is 3.59. The van der Waals surface area contributed by atoms with Gasteiger partial charge in [-0.1, -0.05) is 32.9 Å². The summed E-state index contributed by atoms with van der Waals surface area (Å²) in [4.78, 5) is 0. The Morgan fingerprint density at radius 2 is 2.05 bits per heavy atom. The SMILES string of the molecule is Cc1cc(C(C)(C)C)ccc1OC1COCCC1O. The number of aliphatic hydroxyl groups excluding tert-OH is 1. The summed E-state index contributed by atoms with van der Waals surface area (Å²) in [6, 6.07) is 6.25. The maximum atomic E-state index is 9.90. The van der Waals surface area contributed by atoms with Gasteiger partial charge in [0, 0.05) is 13.0 Å². The Bertz CT molecular complexity index is 434. The average Bonchev–Trinajstić information content (AvgIpc) is 2.33. The molecule has 0 bridgehead atoms. The van der Waals surface area contributed by atoms with E-state index in [0.29, 0.717) is 19.6 Å². The predicted molar refractivity (Wildman–Crippen MR) is 75.7 cm³/mol. The lowest BCUT2D eigenvalue weighted by molar-refractivity contribution is -0.0737. The van der Waals surface area contributed by atoms with Crippen molar-refractivity contribution in [3.05, 3.63) is 29.3 Å². The Labute approximate surface area is 115 Å². The van der Waals surface area contributed by atoms with Gasteiger partial charge >= 0.3 is 0 Å². The first-order chi connectivity index (χ1) is 8.88. The van der Waals surface area contributed by atoms with E-state index in [1.807, 2.05) is 13.0 Å². The summed E-state index contributed by atoms with van der Waals surface area (Å²) in [5.41, 5.74) is 2.53. The summed E-state index contributed by atoms with van der Waals surface area (Å²) < 4.78 is 11.2. The molecule has 0 spiro atoms. The van der Waals surface area contributed by atoms with Gasteiger partial charge in [-0.25, -0.2) is 0 Å². The molecule has 0 aliphatic carbocycles. The quantitative estimate of drug-likeness (QED) is 0.892. The Morgan fingerprint density at radius 3 is 2.63 bits per heavy atom. The van der Waals surface area contributed by atoms with Crippen LogP contribution in [0.25, 0.3) is 0 Å². The van der Waals surface area contributed by atoms with Crippen molar-refractivity contribution in [2.24, 2.45) is 0 Å². The zero-order valence-corrected chi connectivity index (χ0v) is 12.3. The minimum atomic E-state index is -0.435. The molecule has 3 nitrogen and oxygen atoms in total. The van der Waals surface area contributed by atoms with E-state index in [2.05, 4.69) is 32.9 Å². The summed E-state index contributed by atoms with van der Waals surface area (Å²) in [7, 11) is 0. The standard InChI is InChI=1S/C16H24O3/c1-11-9-12(16(2,3)4)5-6-14(11)19-15-10-18-8-7-13(15)17/h5-6,9,13,15,17H,7-8,10H2,1-4H3. The number of aliphatic hydroxyl groups is 1. The molecule has 0 radical (unpaired) electrons. The molecule has 1 N–H and O–H groups in total. The van der Waals surface area contributed by atoms with Crippen LogP contribution in [0.15, 0.2) is 18.2 Å². The highest BCUT2D eigenvalue weighted by Gasteiger charge is 2.26. The molecular formula is C16H24O3. The molecule has 1 aliphatic rings. The molecule has 1 aromatic rings. The van der Waals surface area contributed by atoms with E-state index < -0.39 is 6.10 Å². The van der Waals surface area contributed by atoms with Crippen molar-refractivity contribution < 1.29 is 14.6 Å². The van der Waals surface area contributed by atoms with Crippen molar-refractivity contribution in [2.75, 3.05) is 13.2 Å². The van der Waals surface area contributed by atoms with Crippen molar-refractivity contribution >= 4 is 0 Å². The Morgan fingerprint density at radius 1 is 1.32 bits per heavy atom. The average molecular weight is 264 g/mol. The van der Waals surface area contributed by atoms with E-state index in [-0.39, 0.29) is 11.5 Å². The number of aryl methyl sites for hydroxylation is 1. The zero-order valence-electron chi connectivity index (χ0n) is 12.3. The Kier molecular flexibility index (Phi) is 4.16. The normalized spacial score (nSPS) is 24.3. The first kappa shape index (κ1) is 14.4. The molecule has 1 aromatic carbocycles. The number of rotatable bonds is 2. The molecule has 106 valence electrons. The number of hydrogen-bond acceptors (Lipinski definition) is 3. The largest absolute Gasteiger partial charge is 0.485 e. The van der Waals surface area contributed by atoms with Gasteiger partial charge in [0.2, 0.25) is 0 Å². The molecular weight excluding hydrogens is 240 g/mol. The molecule has 2 rings (SSSR count). The Balaban J connectivity index is 2.13. The van der Waals surface area contributed by atoms with Crippen LogP contribution in [0.4, 0.5) is 0 Å². The monoisotopic (exact) mass is 264 g/mol. The van der Waals surface area contributed by atoms with Gasteiger partial charge in [0.1, 0.15) is 11.9 Å². The summed E-state index contributed by atoms with van der Waals surface area (Å²) >= 11 is 0. The predicted octanol–water partition coefficient (Wildman–Crippen LogP) is 2.82. The van der Waals surface area contributed by atoms with Crippen molar-refractivity contribution in [3.8, 4) is 5.75 Å². The highest BCUT2D eigenvalue weighted by molar-refractivity contribution is 5.38. The van der Waals surface area contributed by atoms with E-state index in [1.165, 1.54) is 5.56 Å². The Hall–Kier alpha value is -1.06. The molecule has 0 saturated carbocycles. The second kappa shape index (κ2) is 5.51. The third-order valence-electron chi connectivity index (χ3n) is 3.59. The van der Waals surface area contributed by atoms with Gasteiger partial charge in [0.05, 0.1) is 12.7 Å². The van der Waals surface area contributed by atoms with Crippen LogP contribution >= 0.6 is 0 Å². The third kappa shape index (κ3) is 3.48. The van der Waals surface area contributed by atoms with Crippen molar-refractivity contribution in [1.82, 2.24) is 0 Å². The van der Waals surface area contributed by atoms with Gasteiger partial charge in [-0.05, 0) is 29.5 Å². The van der Waals surface area contributed by atoms with Crippen LogP contribution in [0.2, 0.25) is 0 Å². The van der Waals surface area contributed by atoms with Crippen LogP contribution in [-0.2, 0) is 10.2 Å². The number of ether oxygens (including phenoxy) is 2. The highest BCUT2D eigenvalue weighted by atomic mass is 16.5. The minimum Gasteiger partial charge on any atom is -0.485 e. The minimum absolute atomic E-state index is 0.136. The number of hydrogen-bond donors (Lipinski definition) is 1. The van der Waals surface area contributed by atoms with Crippen molar-refractivity contribution in [1.29, 1.82) is 0 Å². The lowest BCUT2D eigenvalue weighted by atomic mass is 9.86. The molecule has 1 saturated heterocycles. The van der Waals surface area contributed by atoms with E-state index >= 15 is 0 Å². The van der Waals surface area contributed by atoms with Gasteiger partial charge in [0.15, 0.2) is 0 Å². The maximum Gasteiger partial charge on any atom is 0.148 e. The fourth-order valence-corrected chi connectivity index (χ4v) is 2.22. The number of benzene rings is 1. The summed E-state index contributed by atoms with van der Waals surface area (Å²) in [6.07, 6.45) is -0.0487. The van der Waals surface area contributed by atoms with Crippen molar-refractivity contribution in [2.45, 2.75) is 51.7 Å². The first-order valence-corrected chi connectivity index (χ1v) is 6.91. The molecule has 3 heteroatoms. The highest BCUT2D eigenvalue weighted by Crippen LogP contribution is 2.28. The summed E-state index contributed by atoms with van der Waals surface area (Å²) in [6.45, 7) is 9.70. The van der Waals surface area contributed by atoms with Crippen LogP contribution < -0.4 is 4.74 Å². The second-order valence-electron chi connectivity index (χ2n) is 6.32. The van der Waals surface area contributed by atoms with Crippen molar-refractivity contribution in [3.63, 3.8) is 0 Å². The molecule has 2 unspecified atom stereocenters. The molecule has 1 heterocycles. The van der Waals surface area contributed by atoms with Crippen LogP contribution in [0.5, 0.6) is 5.75 Å². The van der Waals surface area contributed by atoms with Crippen LogP contribution in [-0.4, -0.2) is 30.5 Å². The molecule has 0 aromatic heterocycles. The fraction of sp³-hybridized carbons (Fsp3) is 0.625. The fourth-order valence-electron chi connectivity index (χ4n) is 2.22. The van der Waals surface area contributed by atoms with Gasteiger partial charge in [0.25, 0.3) is 0 Å². The van der Waals surface area contributed by atoms with E-state index in [9.17, 15) is 5.11 Å². The lowest BCUT2D eigenvalue weighted by Crippen LogP contribution is -2.41. The van der Waals surface area contributed by atoms with E-state index in [1.54, 1.807) is 0 Å². The van der Waals surface area contributed by atoms with Gasteiger partial charge in [-0.2, -0.15) is 0 Å². The molecule has 1 aliphatic heterocycles. The second-order valence-corrected chi connectivity index (χ2v) is 6.32. The molecule has 2 atom stereocenters. The smallest absolute Gasteiger partial charge is 0.148 e. The summed E-state index contributed by atoms with van der Waals surface area (Å²) in [5.74, 6) is 0.836. The zero-order chi connectivity index (χ0) is 14.0. The molecule has 1 fully saturated rings. The van der Waals surface area contributed by atoms with E-state index in [0.717, 1.165) is 11.3 Å². The van der Waals surface area contributed by atoms with E-state index in [4.69, 9.17) is 9.47 Å². The topological polar surface area (TPSA) is 38.7 Å². The van der Waals surface area contributed by atoms with Crippen LogP contribution in [0, 0.1) is 6.92 Å². The summed E-state index contributed by atoms with van der Waals surface area (Å²) in [5, 5.41) is 9.90.